The SMILES string of the molecule is N#CC[S@](=O)c1nc2n(n1)C(c1ccccc1Cl)C[C@H]2F. The maximum Gasteiger partial charge on any atom is 0.240 e. The maximum atomic E-state index is 14.1. The zero-order valence-corrected chi connectivity index (χ0v) is 12.3. The lowest BCUT2D eigenvalue weighted by Gasteiger charge is -2.13. The van der Waals surface area contributed by atoms with Crippen molar-refractivity contribution in [3.63, 3.8) is 0 Å². The van der Waals surface area contributed by atoms with Crippen molar-refractivity contribution in [1.29, 1.82) is 5.26 Å². The Bertz CT molecular complexity index is 757. The minimum absolute atomic E-state index is 0.00838. The molecule has 1 unspecified atom stereocenters. The lowest BCUT2D eigenvalue weighted by atomic mass is 10.0. The van der Waals surface area contributed by atoms with Crippen LogP contribution in [-0.2, 0) is 10.8 Å². The molecule has 1 aromatic heterocycles. The minimum Gasteiger partial charge on any atom is -0.250 e. The Morgan fingerprint density at radius 1 is 1.52 bits per heavy atom. The molecule has 0 spiro atoms. The summed E-state index contributed by atoms with van der Waals surface area (Å²) in [7, 11) is -1.64. The van der Waals surface area contributed by atoms with Crippen molar-refractivity contribution < 1.29 is 8.60 Å². The van der Waals surface area contributed by atoms with Crippen molar-refractivity contribution in [2.45, 2.75) is 23.8 Å². The molecule has 1 aromatic carbocycles. The summed E-state index contributed by atoms with van der Waals surface area (Å²) in [6, 6.07) is 8.57. The van der Waals surface area contributed by atoms with Gasteiger partial charge in [0.1, 0.15) is 16.6 Å². The number of benzene rings is 1. The van der Waals surface area contributed by atoms with E-state index in [9.17, 15) is 8.60 Å². The number of fused-ring (bicyclic) bond motifs is 1. The van der Waals surface area contributed by atoms with Crippen LogP contribution >= 0.6 is 11.6 Å². The zero-order valence-electron chi connectivity index (χ0n) is 10.7. The summed E-state index contributed by atoms with van der Waals surface area (Å²) >= 11 is 6.15. The van der Waals surface area contributed by atoms with Crippen molar-refractivity contribution in [3.05, 3.63) is 40.7 Å². The molecule has 8 heteroatoms. The summed E-state index contributed by atoms with van der Waals surface area (Å²) < 4.78 is 27.3. The van der Waals surface area contributed by atoms with Crippen LogP contribution in [-0.4, -0.2) is 24.7 Å². The highest BCUT2D eigenvalue weighted by Gasteiger charge is 2.36. The average Bonchev–Trinajstić information content (AvgIpc) is 3.01. The summed E-state index contributed by atoms with van der Waals surface area (Å²) in [4.78, 5) is 3.98. The Labute approximate surface area is 127 Å². The summed E-state index contributed by atoms with van der Waals surface area (Å²) in [5, 5.41) is 13.2. The third-order valence-electron chi connectivity index (χ3n) is 3.31. The molecule has 0 N–H and O–H groups in total. The number of rotatable bonds is 3. The van der Waals surface area contributed by atoms with Gasteiger partial charge in [0.05, 0.1) is 12.1 Å². The summed E-state index contributed by atoms with van der Waals surface area (Å²) in [6.07, 6.45) is -1.09. The molecule has 3 atom stereocenters. The predicted molar refractivity (Wildman–Crippen MR) is 75.0 cm³/mol. The topological polar surface area (TPSA) is 71.6 Å². The van der Waals surface area contributed by atoms with Gasteiger partial charge in [0.15, 0.2) is 12.0 Å². The molecule has 0 fully saturated rings. The summed E-state index contributed by atoms with van der Waals surface area (Å²) in [6.45, 7) is 0. The fourth-order valence-corrected chi connectivity index (χ4v) is 3.27. The van der Waals surface area contributed by atoms with E-state index in [-0.39, 0.29) is 29.2 Å². The fraction of sp³-hybridized carbons (Fsp3) is 0.308. The van der Waals surface area contributed by atoms with Crippen LogP contribution in [0, 0.1) is 11.3 Å². The van der Waals surface area contributed by atoms with Gasteiger partial charge in [-0.25, -0.2) is 18.3 Å². The Kier molecular flexibility index (Phi) is 3.74. The van der Waals surface area contributed by atoms with E-state index in [2.05, 4.69) is 10.1 Å². The highest BCUT2D eigenvalue weighted by Crippen LogP contribution is 2.41. The first-order chi connectivity index (χ1) is 10.1. The van der Waals surface area contributed by atoms with Gasteiger partial charge >= 0.3 is 0 Å². The first kappa shape index (κ1) is 14.2. The van der Waals surface area contributed by atoms with Gasteiger partial charge in [0.2, 0.25) is 5.16 Å². The molecule has 3 rings (SSSR count). The molecular weight excluding hydrogens is 315 g/mol. The molecule has 2 heterocycles. The Morgan fingerprint density at radius 3 is 3.00 bits per heavy atom. The van der Waals surface area contributed by atoms with Gasteiger partial charge in [-0.15, -0.1) is 5.10 Å². The number of alkyl halides is 1. The smallest absolute Gasteiger partial charge is 0.240 e. The van der Waals surface area contributed by atoms with E-state index in [1.165, 1.54) is 4.68 Å². The van der Waals surface area contributed by atoms with E-state index in [0.29, 0.717) is 5.02 Å². The number of nitriles is 1. The van der Waals surface area contributed by atoms with E-state index in [1.54, 1.807) is 18.2 Å². The van der Waals surface area contributed by atoms with Crippen LogP contribution in [0.4, 0.5) is 4.39 Å². The molecule has 5 nitrogen and oxygen atoms in total. The average molecular weight is 325 g/mol. The molecule has 108 valence electrons. The number of aromatic nitrogens is 3. The molecule has 0 radical (unpaired) electrons. The largest absolute Gasteiger partial charge is 0.250 e. The Hall–Kier alpha value is -1.78. The lowest BCUT2D eigenvalue weighted by molar-refractivity contribution is 0.327. The molecule has 1 aliphatic heterocycles. The van der Waals surface area contributed by atoms with E-state index in [1.807, 2.05) is 12.1 Å². The minimum atomic E-state index is -1.64. The molecule has 0 saturated carbocycles. The van der Waals surface area contributed by atoms with Crippen LogP contribution in [0.3, 0.4) is 0 Å². The number of halogens is 2. The van der Waals surface area contributed by atoms with Crippen molar-refractivity contribution >= 4 is 22.4 Å². The first-order valence-electron chi connectivity index (χ1n) is 6.22. The molecule has 1 aliphatic rings. The lowest BCUT2D eigenvalue weighted by Crippen LogP contribution is -2.09. The van der Waals surface area contributed by atoms with Crippen LogP contribution in [0.2, 0.25) is 5.02 Å². The normalized spacial score (nSPS) is 21.8. The van der Waals surface area contributed by atoms with Gasteiger partial charge in [-0.1, -0.05) is 29.8 Å². The first-order valence-corrected chi connectivity index (χ1v) is 7.91. The van der Waals surface area contributed by atoms with E-state index >= 15 is 0 Å². The van der Waals surface area contributed by atoms with Crippen molar-refractivity contribution in [2.24, 2.45) is 0 Å². The van der Waals surface area contributed by atoms with Crippen molar-refractivity contribution in [1.82, 2.24) is 14.8 Å². The van der Waals surface area contributed by atoms with Gasteiger partial charge in [-0.3, -0.25) is 0 Å². The number of hydrogen-bond donors (Lipinski definition) is 0. The standard InChI is InChI=1S/C13H10ClFN4OS/c14-9-4-2-1-3-8(9)11-7-10(15)12-17-13(18-19(11)12)21(20)6-5-16/h1-4,10-11H,6-7H2/t10-,11?,21+/m1/s1. The van der Waals surface area contributed by atoms with E-state index < -0.39 is 17.0 Å². The molecule has 2 aromatic rings. The van der Waals surface area contributed by atoms with Crippen molar-refractivity contribution in [3.8, 4) is 6.07 Å². The highest BCUT2D eigenvalue weighted by molar-refractivity contribution is 7.85. The van der Waals surface area contributed by atoms with Gasteiger partial charge in [-0.05, 0) is 11.6 Å². The number of nitrogens with zero attached hydrogens (tertiary/aromatic N) is 4. The second-order valence-corrected chi connectivity index (χ2v) is 6.34. The van der Waals surface area contributed by atoms with Gasteiger partial charge in [0.25, 0.3) is 0 Å². The van der Waals surface area contributed by atoms with Crippen LogP contribution in [0.25, 0.3) is 0 Å². The second kappa shape index (κ2) is 5.54. The predicted octanol–water partition coefficient (Wildman–Crippen LogP) is 2.57. The van der Waals surface area contributed by atoms with Crippen LogP contribution in [0.15, 0.2) is 29.4 Å². The molecule has 0 saturated heterocycles. The van der Waals surface area contributed by atoms with Gasteiger partial charge in [-0.2, -0.15) is 5.26 Å². The summed E-state index contributed by atoms with van der Waals surface area (Å²) in [5.41, 5.74) is 0.753. The Morgan fingerprint density at radius 2 is 2.29 bits per heavy atom. The van der Waals surface area contributed by atoms with Gasteiger partial charge < -0.3 is 0 Å². The number of hydrogen-bond acceptors (Lipinski definition) is 4. The highest BCUT2D eigenvalue weighted by atomic mass is 35.5. The van der Waals surface area contributed by atoms with Crippen LogP contribution in [0.5, 0.6) is 0 Å². The van der Waals surface area contributed by atoms with E-state index in [0.717, 1.165) is 5.56 Å². The zero-order chi connectivity index (χ0) is 15.0. The molecule has 0 amide bonds. The van der Waals surface area contributed by atoms with Crippen LogP contribution in [0.1, 0.15) is 30.0 Å². The maximum absolute atomic E-state index is 14.1. The monoisotopic (exact) mass is 324 g/mol. The van der Waals surface area contributed by atoms with E-state index in [4.69, 9.17) is 16.9 Å². The third-order valence-corrected chi connectivity index (χ3v) is 4.62. The molecule has 21 heavy (non-hydrogen) atoms. The van der Waals surface area contributed by atoms with Crippen LogP contribution < -0.4 is 0 Å². The Balaban J connectivity index is 2.02. The molecule has 0 bridgehead atoms. The van der Waals surface area contributed by atoms with Gasteiger partial charge in [0, 0.05) is 11.4 Å². The third kappa shape index (κ3) is 2.45. The quantitative estimate of drug-likeness (QED) is 0.870. The molecule has 0 aliphatic carbocycles. The molecular formula is C13H10ClFN4OS. The van der Waals surface area contributed by atoms with Crippen molar-refractivity contribution in [2.75, 3.05) is 5.75 Å². The second-order valence-electron chi connectivity index (χ2n) is 4.59. The fourth-order valence-electron chi connectivity index (χ4n) is 2.38. The summed E-state index contributed by atoms with van der Waals surface area (Å²) in [5.74, 6) is -0.0711.